The van der Waals surface area contributed by atoms with Crippen LogP contribution in [-0.4, -0.2) is 72.1 Å². The lowest BCUT2D eigenvalue weighted by Crippen LogP contribution is -2.49. The number of anilines is 1. The summed E-state index contributed by atoms with van der Waals surface area (Å²) in [4.78, 5) is 2.24. The number of piperazine rings is 1. The molecule has 0 amide bonds. The molecule has 0 unspecified atom stereocenters. The highest BCUT2D eigenvalue weighted by Gasteiger charge is 2.30. The highest BCUT2D eigenvalue weighted by atomic mass is 32.2. The normalized spacial score (nSPS) is 17.0. The van der Waals surface area contributed by atoms with E-state index in [0.29, 0.717) is 62.5 Å². The molecular weight excluding hydrogens is 420 g/mol. The van der Waals surface area contributed by atoms with Crippen molar-refractivity contribution in [1.82, 2.24) is 24.3 Å². The summed E-state index contributed by atoms with van der Waals surface area (Å²) in [5.41, 5.74) is 0.904. The minimum absolute atomic E-state index is 0.212. The smallest absolute Gasteiger partial charge is 0.243 e. The number of aryl methyl sites for hydroxylation is 1. The van der Waals surface area contributed by atoms with Gasteiger partial charge in [-0.25, -0.2) is 13.1 Å². The van der Waals surface area contributed by atoms with Gasteiger partial charge in [0.15, 0.2) is 23.1 Å². The average molecular weight is 443 g/mol. The molecule has 0 saturated carbocycles. The van der Waals surface area contributed by atoms with Crippen molar-refractivity contribution in [1.29, 1.82) is 0 Å². The molecule has 1 saturated heterocycles. The van der Waals surface area contributed by atoms with Gasteiger partial charge in [-0.3, -0.25) is 0 Å². The van der Waals surface area contributed by atoms with E-state index in [2.05, 4.69) is 15.3 Å². The first-order chi connectivity index (χ1) is 15.0. The first-order valence-corrected chi connectivity index (χ1v) is 11.5. The second-order valence-electron chi connectivity index (χ2n) is 7.35. The summed E-state index contributed by atoms with van der Waals surface area (Å²) in [7, 11) is -3.62. The fourth-order valence-corrected chi connectivity index (χ4v) is 5.08. The first-order valence-electron chi connectivity index (χ1n) is 10.0. The Morgan fingerprint density at radius 3 is 2.26 bits per heavy atom. The quantitative estimate of drug-likeness (QED) is 0.595. The fourth-order valence-electron chi connectivity index (χ4n) is 3.64. The second kappa shape index (κ2) is 7.82. The van der Waals surface area contributed by atoms with Crippen LogP contribution < -0.4 is 14.4 Å². The topological polar surface area (TPSA) is 103 Å². The van der Waals surface area contributed by atoms with Crippen LogP contribution in [0.25, 0.3) is 5.82 Å². The molecule has 0 radical (unpaired) electrons. The van der Waals surface area contributed by atoms with E-state index in [-0.39, 0.29) is 4.90 Å². The van der Waals surface area contributed by atoms with Gasteiger partial charge in [-0.1, -0.05) is 0 Å². The molecule has 1 fully saturated rings. The van der Waals surface area contributed by atoms with E-state index >= 15 is 0 Å². The van der Waals surface area contributed by atoms with Crippen LogP contribution in [0.1, 0.15) is 5.69 Å². The zero-order chi connectivity index (χ0) is 21.4. The Balaban J connectivity index is 1.26. The summed E-state index contributed by atoms with van der Waals surface area (Å²) in [6.07, 6.45) is 1.83. The zero-order valence-electron chi connectivity index (χ0n) is 17.0. The lowest BCUT2D eigenvalue weighted by atomic mass is 10.3. The number of hydrogen-bond donors (Lipinski definition) is 0. The van der Waals surface area contributed by atoms with Crippen LogP contribution in [0.5, 0.6) is 11.5 Å². The number of nitrogens with zero attached hydrogens (tertiary/aromatic N) is 6. The average Bonchev–Trinajstić information content (AvgIpc) is 3.25. The lowest BCUT2D eigenvalue weighted by Gasteiger charge is -2.34. The van der Waals surface area contributed by atoms with Crippen molar-refractivity contribution in [2.24, 2.45) is 0 Å². The molecule has 3 aromatic rings. The van der Waals surface area contributed by atoms with Gasteiger partial charge in [0.05, 0.1) is 10.6 Å². The largest absolute Gasteiger partial charge is 0.486 e. The molecule has 0 spiro atoms. The predicted octanol–water partition coefficient (Wildman–Crippen LogP) is 1.25. The number of sulfonamides is 1. The van der Waals surface area contributed by atoms with Gasteiger partial charge in [-0.2, -0.15) is 9.40 Å². The summed E-state index contributed by atoms with van der Waals surface area (Å²) in [5.74, 6) is 2.39. The summed E-state index contributed by atoms with van der Waals surface area (Å²) < 4.78 is 40.4. The SMILES string of the molecule is Cc1ccn(-c2ccc(N3CCN(S(=O)(=O)c4ccc5c(c4)OCCO5)CC3)nn2)n1. The maximum atomic E-state index is 13.1. The van der Waals surface area contributed by atoms with Crippen molar-refractivity contribution < 1.29 is 17.9 Å². The highest BCUT2D eigenvalue weighted by Crippen LogP contribution is 2.33. The fraction of sp³-hybridized carbons (Fsp3) is 0.350. The van der Waals surface area contributed by atoms with Gasteiger partial charge in [-0.05, 0) is 37.3 Å². The number of aromatic nitrogens is 4. The molecule has 0 bridgehead atoms. The molecule has 5 rings (SSSR count). The van der Waals surface area contributed by atoms with E-state index in [0.717, 1.165) is 5.69 Å². The molecule has 31 heavy (non-hydrogen) atoms. The van der Waals surface area contributed by atoms with Crippen molar-refractivity contribution in [2.75, 3.05) is 44.3 Å². The van der Waals surface area contributed by atoms with E-state index in [1.54, 1.807) is 16.8 Å². The van der Waals surface area contributed by atoms with Gasteiger partial charge in [0.1, 0.15) is 13.2 Å². The van der Waals surface area contributed by atoms with Gasteiger partial charge in [0.2, 0.25) is 10.0 Å². The highest BCUT2D eigenvalue weighted by molar-refractivity contribution is 7.89. The van der Waals surface area contributed by atoms with Gasteiger partial charge in [-0.15, -0.1) is 10.2 Å². The molecule has 0 aliphatic carbocycles. The third-order valence-corrected chi connectivity index (χ3v) is 7.20. The Kier molecular flexibility index (Phi) is 4.98. The minimum atomic E-state index is -3.62. The first kappa shape index (κ1) is 19.8. The zero-order valence-corrected chi connectivity index (χ0v) is 17.8. The Bertz CT molecular complexity index is 1190. The van der Waals surface area contributed by atoms with E-state index in [4.69, 9.17) is 9.47 Å². The van der Waals surface area contributed by atoms with E-state index in [9.17, 15) is 8.42 Å². The number of ether oxygens (including phenoxy) is 2. The Labute approximate surface area is 180 Å². The van der Waals surface area contributed by atoms with Crippen molar-refractivity contribution >= 4 is 15.8 Å². The van der Waals surface area contributed by atoms with E-state index in [1.807, 2.05) is 36.2 Å². The Morgan fingerprint density at radius 1 is 0.871 bits per heavy atom. The van der Waals surface area contributed by atoms with Crippen LogP contribution >= 0.6 is 0 Å². The van der Waals surface area contributed by atoms with Crippen LogP contribution in [0.3, 0.4) is 0 Å². The number of benzene rings is 1. The predicted molar refractivity (Wildman–Crippen MR) is 112 cm³/mol. The van der Waals surface area contributed by atoms with Gasteiger partial charge < -0.3 is 14.4 Å². The number of rotatable bonds is 4. The monoisotopic (exact) mass is 442 g/mol. The van der Waals surface area contributed by atoms with Crippen LogP contribution in [0.2, 0.25) is 0 Å². The van der Waals surface area contributed by atoms with Crippen LogP contribution in [-0.2, 0) is 10.0 Å². The van der Waals surface area contributed by atoms with Crippen molar-refractivity contribution in [3.8, 4) is 17.3 Å². The lowest BCUT2D eigenvalue weighted by molar-refractivity contribution is 0.171. The van der Waals surface area contributed by atoms with Crippen LogP contribution in [0.4, 0.5) is 5.82 Å². The molecule has 0 N–H and O–H groups in total. The Hall–Kier alpha value is -3.18. The number of hydrogen-bond acceptors (Lipinski definition) is 8. The summed E-state index contributed by atoms with van der Waals surface area (Å²) in [6.45, 7) is 4.56. The maximum Gasteiger partial charge on any atom is 0.243 e. The minimum Gasteiger partial charge on any atom is -0.486 e. The molecule has 0 atom stereocenters. The molecule has 1 aromatic carbocycles. The van der Waals surface area contributed by atoms with Crippen molar-refractivity contribution in [2.45, 2.75) is 11.8 Å². The third kappa shape index (κ3) is 3.81. The van der Waals surface area contributed by atoms with Crippen LogP contribution in [0.15, 0.2) is 47.5 Å². The summed E-state index contributed by atoms with van der Waals surface area (Å²) >= 11 is 0. The molecule has 2 aromatic heterocycles. The second-order valence-corrected chi connectivity index (χ2v) is 9.29. The van der Waals surface area contributed by atoms with Gasteiger partial charge >= 0.3 is 0 Å². The standard InChI is InChI=1S/C20H22N6O4S/c1-15-6-7-26(23-15)20-5-4-19(21-22-20)24-8-10-25(11-9-24)31(27,28)16-2-3-17-18(14-16)30-13-12-29-17/h2-7,14H,8-13H2,1H3. The molecule has 11 heteroatoms. The van der Waals surface area contributed by atoms with Crippen molar-refractivity contribution in [3.05, 3.63) is 48.3 Å². The summed E-state index contributed by atoms with van der Waals surface area (Å²) in [6, 6.07) is 10.4. The van der Waals surface area contributed by atoms with Gasteiger partial charge in [0, 0.05) is 38.4 Å². The van der Waals surface area contributed by atoms with Gasteiger partial charge in [0.25, 0.3) is 0 Å². The third-order valence-electron chi connectivity index (χ3n) is 5.31. The van der Waals surface area contributed by atoms with E-state index < -0.39 is 10.0 Å². The van der Waals surface area contributed by atoms with E-state index in [1.165, 1.54) is 10.4 Å². The molecule has 2 aliphatic heterocycles. The Morgan fingerprint density at radius 2 is 1.58 bits per heavy atom. The number of fused-ring (bicyclic) bond motifs is 1. The van der Waals surface area contributed by atoms with Crippen molar-refractivity contribution in [3.63, 3.8) is 0 Å². The molecule has 4 heterocycles. The molecule has 2 aliphatic rings. The summed E-state index contributed by atoms with van der Waals surface area (Å²) in [5, 5.41) is 12.9. The molecule has 10 nitrogen and oxygen atoms in total. The molecular formula is C20H22N6O4S. The van der Waals surface area contributed by atoms with Crippen LogP contribution in [0, 0.1) is 6.92 Å². The maximum absolute atomic E-state index is 13.1. The molecule has 162 valence electrons.